The normalized spacial score (nSPS) is 33.8. The van der Waals surface area contributed by atoms with Gasteiger partial charge < -0.3 is 5.32 Å². The van der Waals surface area contributed by atoms with Crippen LogP contribution in [0.4, 0.5) is 0 Å². The van der Waals surface area contributed by atoms with Gasteiger partial charge in [0.1, 0.15) is 0 Å². The lowest BCUT2D eigenvalue weighted by molar-refractivity contribution is 0.295. The van der Waals surface area contributed by atoms with E-state index in [1.54, 1.807) is 0 Å². The van der Waals surface area contributed by atoms with E-state index in [0.29, 0.717) is 5.41 Å². The van der Waals surface area contributed by atoms with Crippen LogP contribution in [0.15, 0.2) is 0 Å². The van der Waals surface area contributed by atoms with Crippen molar-refractivity contribution >= 4 is 8.58 Å². The first-order valence-corrected chi connectivity index (χ1v) is 6.02. The summed E-state index contributed by atoms with van der Waals surface area (Å²) in [5, 5.41) is 3.60. The Morgan fingerprint density at radius 3 is 2.27 bits per heavy atom. The molecule has 1 fully saturated rings. The molecule has 66 valence electrons. The van der Waals surface area contributed by atoms with Crippen LogP contribution in [-0.2, 0) is 0 Å². The minimum atomic E-state index is 0.453. The van der Waals surface area contributed by atoms with Crippen LogP contribution in [0.25, 0.3) is 0 Å². The van der Waals surface area contributed by atoms with Gasteiger partial charge in [0.25, 0.3) is 0 Å². The predicted molar refractivity (Wildman–Crippen MR) is 53.9 cm³/mol. The summed E-state index contributed by atoms with van der Waals surface area (Å²) in [4.78, 5) is 0. The summed E-state index contributed by atoms with van der Waals surface area (Å²) in [6.07, 6.45) is 1.39. The smallest absolute Gasteiger partial charge is 0.0122 e. The van der Waals surface area contributed by atoms with Gasteiger partial charge in [0.2, 0.25) is 0 Å². The predicted octanol–water partition coefficient (Wildman–Crippen LogP) is 2.07. The zero-order chi connectivity index (χ0) is 8.48. The largest absolute Gasteiger partial charge is 0.313 e. The summed E-state index contributed by atoms with van der Waals surface area (Å²) in [5.41, 5.74) is 1.41. The molecule has 0 aromatic rings. The van der Waals surface area contributed by atoms with Crippen molar-refractivity contribution in [1.82, 2.24) is 5.32 Å². The fourth-order valence-electron chi connectivity index (χ4n) is 1.62. The van der Waals surface area contributed by atoms with Gasteiger partial charge in [-0.2, -0.15) is 0 Å². The van der Waals surface area contributed by atoms with E-state index < -0.39 is 0 Å². The molecule has 0 amide bonds. The van der Waals surface area contributed by atoms with Crippen LogP contribution in [0.2, 0.25) is 0 Å². The highest BCUT2D eigenvalue weighted by Crippen LogP contribution is 2.32. The first kappa shape index (κ1) is 9.48. The van der Waals surface area contributed by atoms with Crippen molar-refractivity contribution in [3.63, 3.8) is 0 Å². The molecular formula is C9H20NP. The van der Waals surface area contributed by atoms with Crippen LogP contribution in [0.3, 0.4) is 0 Å². The van der Waals surface area contributed by atoms with Gasteiger partial charge >= 0.3 is 0 Å². The zero-order valence-electron chi connectivity index (χ0n) is 8.07. The molecule has 0 aliphatic carbocycles. The lowest BCUT2D eigenvalue weighted by Gasteiger charge is -2.26. The van der Waals surface area contributed by atoms with Crippen LogP contribution in [0, 0.1) is 5.41 Å². The number of nitrogens with one attached hydrogen (secondary N) is 1. The van der Waals surface area contributed by atoms with E-state index in [-0.39, 0.29) is 0 Å². The highest BCUT2D eigenvalue weighted by Gasteiger charge is 2.31. The molecule has 0 spiro atoms. The molecule has 0 bridgehead atoms. The molecule has 1 aliphatic heterocycles. The Morgan fingerprint density at radius 2 is 2.00 bits per heavy atom. The van der Waals surface area contributed by atoms with Gasteiger partial charge in [-0.1, -0.05) is 20.8 Å². The molecule has 11 heavy (non-hydrogen) atoms. The van der Waals surface area contributed by atoms with E-state index >= 15 is 0 Å². The van der Waals surface area contributed by atoms with E-state index in [1.807, 2.05) is 0 Å². The maximum atomic E-state index is 3.60. The molecule has 2 heteroatoms. The Hall–Kier alpha value is 0.390. The zero-order valence-corrected chi connectivity index (χ0v) is 9.07. The Kier molecular flexibility index (Phi) is 2.94. The van der Waals surface area contributed by atoms with Gasteiger partial charge in [-0.05, 0) is 24.2 Å². The van der Waals surface area contributed by atoms with E-state index in [9.17, 15) is 0 Å². The van der Waals surface area contributed by atoms with Crippen LogP contribution in [-0.4, -0.2) is 24.9 Å². The number of rotatable bonds is 1. The van der Waals surface area contributed by atoms with Crippen molar-refractivity contribution in [2.75, 3.05) is 13.2 Å². The monoisotopic (exact) mass is 173 g/mol. The van der Waals surface area contributed by atoms with E-state index in [2.05, 4.69) is 32.8 Å². The Bertz CT molecular complexity index is 128. The highest BCUT2D eigenvalue weighted by molar-refractivity contribution is 7.38. The van der Waals surface area contributed by atoms with Crippen LogP contribution in [0.1, 0.15) is 27.2 Å². The molecule has 0 aromatic heterocycles. The third kappa shape index (κ3) is 2.42. The second-order valence-corrected chi connectivity index (χ2v) is 5.94. The topological polar surface area (TPSA) is 12.0 Å². The molecule has 3 atom stereocenters. The van der Waals surface area contributed by atoms with Gasteiger partial charge in [-0.15, -0.1) is 8.58 Å². The van der Waals surface area contributed by atoms with E-state index in [0.717, 1.165) is 20.3 Å². The van der Waals surface area contributed by atoms with Gasteiger partial charge in [0.05, 0.1) is 0 Å². The second kappa shape index (κ2) is 3.41. The number of hydrogen-bond donors (Lipinski definition) is 1. The second-order valence-electron chi connectivity index (χ2n) is 4.55. The fraction of sp³-hybridized carbons (Fsp3) is 1.00. The molecule has 1 saturated heterocycles. The Balaban J connectivity index is 2.42. The Labute approximate surface area is 72.1 Å². The van der Waals surface area contributed by atoms with Crippen molar-refractivity contribution in [1.29, 1.82) is 0 Å². The molecule has 3 unspecified atom stereocenters. The molecule has 1 rings (SSSR count). The van der Waals surface area contributed by atoms with Gasteiger partial charge in [-0.25, -0.2) is 0 Å². The summed E-state index contributed by atoms with van der Waals surface area (Å²) < 4.78 is 0. The molecule has 1 aliphatic rings. The summed E-state index contributed by atoms with van der Waals surface area (Å²) in [5.74, 6) is 0. The quantitative estimate of drug-likeness (QED) is 0.598. The van der Waals surface area contributed by atoms with Crippen molar-refractivity contribution < 1.29 is 0 Å². The average Bonchev–Trinajstić information content (AvgIpc) is 2.32. The first-order chi connectivity index (χ1) is 5.04. The molecular weight excluding hydrogens is 153 g/mol. The van der Waals surface area contributed by atoms with Gasteiger partial charge in [0.15, 0.2) is 0 Å². The highest BCUT2D eigenvalue weighted by atomic mass is 31.1. The molecule has 0 radical (unpaired) electrons. The SMILES string of the molecule is CPC1CNC(C(C)(C)C)C1. The van der Waals surface area contributed by atoms with Gasteiger partial charge in [0, 0.05) is 12.6 Å². The molecule has 1 heterocycles. The standard InChI is InChI=1S/C9H20NP/c1-9(2,3)8-5-7(11-4)6-10-8/h7-8,10-11H,5-6H2,1-4H3. The van der Waals surface area contributed by atoms with Crippen molar-refractivity contribution in [2.24, 2.45) is 5.41 Å². The minimum absolute atomic E-state index is 0.453. The van der Waals surface area contributed by atoms with Gasteiger partial charge in [-0.3, -0.25) is 0 Å². The third-order valence-corrected chi connectivity index (χ3v) is 3.84. The third-order valence-electron chi connectivity index (χ3n) is 2.58. The Morgan fingerprint density at radius 1 is 1.36 bits per heavy atom. The number of hydrogen-bond acceptors (Lipinski definition) is 1. The molecule has 1 N–H and O–H groups in total. The fourth-order valence-corrected chi connectivity index (χ4v) is 2.41. The first-order valence-electron chi connectivity index (χ1n) is 4.44. The molecule has 0 saturated carbocycles. The molecule has 1 nitrogen and oxygen atoms in total. The van der Waals surface area contributed by atoms with Crippen molar-refractivity contribution in [2.45, 2.75) is 38.9 Å². The summed E-state index contributed by atoms with van der Waals surface area (Å²) in [6, 6.07) is 0.750. The van der Waals surface area contributed by atoms with Crippen LogP contribution < -0.4 is 5.32 Å². The average molecular weight is 173 g/mol. The lowest BCUT2D eigenvalue weighted by atomic mass is 9.86. The van der Waals surface area contributed by atoms with E-state index in [4.69, 9.17) is 0 Å². The van der Waals surface area contributed by atoms with Crippen LogP contribution in [0.5, 0.6) is 0 Å². The summed E-state index contributed by atoms with van der Waals surface area (Å²) >= 11 is 0. The van der Waals surface area contributed by atoms with Crippen molar-refractivity contribution in [3.05, 3.63) is 0 Å². The summed E-state index contributed by atoms with van der Waals surface area (Å²) in [7, 11) is 1.11. The van der Waals surface area contributed by atoms with Crippen molar-refractivity contribution in [3.8, 4) is 0 Å². The summed E-state index contributed by atoms with van der Waals surface area (Å²) in [6.45, 7) is 10.5. The van der Waals surface area contributed by atoms with E-state index in [1.165, 1.54) is 13.0 Å². The maximum absolute atomic E-state index is 3.60. The maximum Gasteiger partial charge on any atom is 0.0122 e. The van der Waals surface area contributed by atoms with Crippen LogP contribution >= 0.6 is 8.58 Å². The molecule has 0 aromatic carbocycles. The lowest BCUT2D eigenvalue weighted by Crippen LogP contribution is -2.34. The minimum Gasteiger partial charge on any atom is -0.313 e.